The maximum atomic E-state index is 5.07. The van der Waals surface area contributed by atoms with Gasteiger partial charge in [0.25, 0.3) is 0 Å². The predicted molar refractivity (Wildman–Crippen MR) is 224 cm³/mol. The van der Waals surface area contributed by atoms with Crippen LogP contribution in [-0.4, -0.2) is 19.3 Å². The smallest absolute Gasteiger partial charge is 0.173 e. The van der Waals surface area contributed by atoms with E-state index >= 15 is 0 Å². The maximum absolute atomic E-state index is 5.07. The van der Waals surface area contributed by atoms with Crippen molar-refractivity contribution in [3.05, 3.63) is 223 Å². The van der Waals surface area contributed by atoms with Crippen molar-refractivity contribution < 1.29 is 0 Å². The van der Waals surface area contributed by atoms with Crippen molar-refractivity contribution in [1.82, 2.24) is 19.3 Å². The van der Waals surface area contributed by atoms with Gasteiger partial charge in [-0.15, -0.1) is 0 Å². The van der Waals surface area contributed by atoms with E-state index < -0.39 is 5.41 Å². The Bertz CT molecular complexity index is 2600. The molecule has 9 aromatic rings. The van der Waals surface area contributed by atoms with Crippen LogP contribution in [0.3, 0.4) is 0 Å². The molecule has 0 amide bonds. The quantitative estimate of drug-likeness (QED) is 0.164. The van der Waals surface area contributed by atoms with Crippen molar-refractivity contribution in [3.63, 3.8) is 0 Å². The lowest BCUT2D eigenvalue weighted by Crippen LogP contribution is -2.37. The van der Waals surface area contributed by atoms with E-state index in [1.807, 2.05) is 48.8 Å². The molecule has 260 valence electrons. The van der Waals surface area contributed by atoms with Crippen molar-refractivity contribution in [3.8, 4) is 44.5 Å². The summed E-state index contributed by atoms with van der Waals surface area (Å²) in [6.07, 6.45) is 3.63. The lowest BCUT2D eigenvalue weighted by molar-refractivity contribution is 0.731. The van der Waals surface area contributed by atoms with E-state index in [4.69, 9.17) is 9.36 Å². The summed E-state index contributed by atoms with van der Waals surface area (Å²) in [6.45, 7) is 0. The van der Waals surface area contributed by atoms with E-state index in [0.717, 1.165) is 55.7 Å². The van der Waals surface area contributed by atoms with Crippen molar-refractivity contribution >= 4 is 28.6 Å². The molecule has 55 heavy (non-hydrogen) atoms. The molecule has 0 N–H and O–H groups in total. The highest BCUT2D eigenvalue weighted by Gasteiger charge is 2.46. The number of anilines is 3. The number of hydrogen-bond donors (Lipinski definition) is 0. The standard InChI is InChI=1S/C49H33N5S/c1-3-15-38(16-4-1)49(39-17-5-2-6-18-39)41-19-7-9-23-45(41)54(46-24-10-8-20-42(46)49)40-27-25-34(26-28-40)48-52-47(53-55-48)37-32-35(43-21-11-13-29-50-43)31-36(33-37)44-22-12-14-30-51-44/h1-33H. The molecule has 0 atom stereocenters. The highest BCUT2D eigenvalue weighted by Crippen LogP contribution is 2.57. The normalized spacial score (nSPS) is 12.8. The molecule has 0 unspecified atom stereocenters. The molecule has 3 aromatic heterocycles. The molecule has 5 nitrogen and oxygen atoms in total. The van der Waals surface area contributed by atoms with Crippen molar-refractivity contribution in [2.75, 3.05) is 4.90 Å². The average Bonchev–Trinajstić information content (AvgIpc) is 3.78. The van der Waals surface area contributed by atoms with Crippen LogP contribution in [0, 0.1) is 0 Å². The van der Waals surface area contributed by atoms with Crippen LogP contribution in [-0.2, 0) is 5.41 Å². The molecule has 4 heterocycles. The van der Waals surface area contributed by atoms with Crippen LogP contribution in [0.5, 0.6) is 0 Å². The second kappa shape index (κ2) is 13.8. The first-order valence-corrected chi connectivity index (χ1v) is 19.1. The Morgan fingerprint density at radius 2 is 0.927 bits per heavy atom. The summed E-state index contributed by atoms with van der Waals surface area (Å²) in [5.74, 6) is 0.677. The second-order valence-corrected chi connectivity index (χ2v) is 14.3. The topological polar surface area (TPSA) is 54.8 Å². The molecular formula is C49H33N5S. The Morgan fingerprint density at radius 1 is 0.436 bits per heavy atom. The summed E-state index contributed by atoms with van der Waals surface area (Å²) in [6, 6.07) is 66.4. The van der Waals surface area contributed by atoms with Gasteiger partial charge in [0.05, 0.1) is 28.2 Å². The molecular weight excluding hydrogens is 691 g/mol. The fourth-order valence-corrected chi connectivity index (χ4v) is 8.71. The van der Waals surface area contributed by atoms with Crippen LogP contribution < -0.4 is 4.90 Å². The number of para-hydroxylation sites is 2. The van der Waals surface area contributed by atoms with Gasteiger partial charge in [-0.3, -0.25) is 9.97 Å². The summed E-state index contributed by atoms with van der Waals surface area (Å²) in [7, 11) is 0. The highest BCUT2D eigenvalue weighted by molar-refractivity contribution is 7.09. The monoisotopic (exact) mass is 723 g/mol. The summed E-state index contributed by atoms with van der Waals surface area (Å²) < 4.78 is 4.86. The lowest BCUT2D eigenvalue weighted by Gasteiger charge is -2.46. The molecule has 0 spiro atoms. The first-order chi connectivity index (χ1) is 27.3. The Labute approximate surface area is 324 Å². The minimum atomic E-state index is -0.501. The van der Waals surface area contributed by atoms with E-state index in [2.05, 4.69) is 167 Å². The summed E-state index contributed by atoms with van der Waals surface area (Å²) in [5, 5.41) is 0.857. The van der Waals surface area contributed by atoms with Crippen LogP contribution in [0.1, 0.15) is 22.3 Å². The summed E-state index contributed by atoms with van der Waals surface area (Å²) in [4.78, 5) is 16.7. The fraction of sp³-hybridized carbons (Fsp3) is 0.0204. The molecule has 0 fully saturated rings. The van der Waals surface area contributed by atoms with Gasteiger partial charge in [0.15, 0.2) is 5.82 Å². The largest absolute Gasteiger partial charge is 0.310 e. The van der Waals surface area contributed by atoms with Gasteiger partial charge in [-0.2, -0.15) is 4.37 Å². The zero-order chi connectivity index (χ0) is 36.6. The van der Waals surface area contributed by atoms with Crippen LogP contribution in [0.2, 0.25) is 0 Å². The Balaban J connectivity index is 1.05. The molecule has 0 aliphatic carbocycles. The molecule has 0 radical (unpaired) electrons. The molecule has 0 saturated carbocycles. The Morgan fingerprint density at radius 3 is 1.45 bits per heavy atom. The third-order valence-corrected chi connectivity index (χ3v) is 11.2. The Hall–Kier alpha value is -7.02. The zero-order valence-corrected chi connectivity index (χ0v) is 30.5. The van der Waals surface area contributed by atoms with E-state index in [1.165, 1.54) is 33.8 Å². The number of fused-ring (bicyclic) bond motifs is 2. The van der Waals surface area contributed by atoms with Gasteiger partial charge in [-0.25, -0.2) is 4.98 Å². The van der Waals surface area contributed by atoms with Gasteiger partial charge < -0.3 is 4.90 Å². The van der Waals surface area contributed by atoms with E-state index in [9.17, 15) is 0 Å². The molecule has 6 heteroatoms. The van der Waals surface area contributed by atoms with Crippen LogP contribution >= 0.6 is 11.5 Å². The van der Waals surface area contributed by atoms with Crippen LogP contribution in [0.4, 0.5) is 17.1 Å². The first-order valence-electron chi connectivity index (χ1n) is 18.3. The maximum Gasteiger partial charge on any atom is 0.173 e. The van der Waals surface area contributed by atoms with Crippen LogP contribution in [0.15, 0.2) is 200 Å². The number of pyridine rings is 2. The fourth-order valence-electron chi connectivity index (χ4n) is 8.02. The lowest BCUT2D eigenvalue weighted by atomic mass is 9.62. The Kier molecular flexibility index (Phi) is 8.16. The molecule has 10 rings (SSSR count). The summed E-state index contributed by atoms with van der Waals surface area (Å²) >= 11 is 1.41. The third-order valence-electron chi connectivity index (χ3n) is 10.4. The van der Waals surface area contributed by atoms with Gasteiger partial charge in [-0.05, 0) is 113 Å². The number of rotatable bonds is 7. The minimum absolute atomic E-state index is 0.501. The van der Waals surface area contributed by atoms with Gasteiger partial charge in [-0.1, -0.05) is 109 Å². The highest BCUT2D eigenvalue weighted by atomic mass is 32.1. The first kappa shape index (κ1) is 32.6. The SMILES string of the molecule is c1ccc(C2(c3ccccc3)c3ccccc3N(c3ccc(-c4nc(-c5cc(-c6ccccn6)cc(-c6ccccn6)c5)ns4)cc3)c3ccccc32)cc1. The number of aromatic nitrogens is 4. The second-order valence-electron chi connectivity index (χ2n) is 13.6. The van der Waals surface area contributed by atoms with Crippen molar-refractivity contribution in [2.45, 2.75) is 5.41 Å². The molecule has 6 aromatic carbocycles. The van der Waals surface area contributed by atoms with E-state index in [1.54, 1.807) is 0 Å². The minimum Gasteiger partial charge on any atom is -0.310 e. The predicted octanol–water partition coefficient (Wildman–Crippen LogP) is 12.2. The molecule has 1 aliphatic heterocycles. The van der Waals surface area contributed by atoms with Crippen LogP contribution in [0.25, 0.3) is 44.5 Å². The number of nitrogens with zero attached hydrogens (tertiary/aromatic N) is 5. The van der Waals surface area contributed by atoms with Gasteiger partial charge >= 0.3 is 0 Å². The molecule has 1 aliphatic rings. The van der Waals surface area contributed by atoms with Gasteiger partial charge in [0.1, 0.15) is 5.01 Å². The van der Waals surface area contributed by atoms with E-state index in [-0.39, 0.29) is 0 Å². The molecule has 0 bridgehead atoms. The third kappa shape index (κ3) is 5.63. The van der Waals surface area contributed by atoms with Crippen molar-refractivity contribution in [1.29, 1.82) is 0 Å². The van der Waals surface area contributed by atoms with Gasteiger partial charge in [0, 0.05) is 40.3 Å². The molecule has 0 saturated heterocycles. The van der Waals surface area contributed by atoms with E-state index in [0.29, 0.717) is 5.82 Å². The zero-order valence-electron chi connectivity index (χ0n) is 29.7. The number of benzene rings is 6. The number of hydrogen-bond acceptors (Lipinski definition) is 6. The summed E-state index contributed by atoms with van der Waals surface area (Å²) in [5.41, 5.74) is 13.5. The van der Waals surface area contributed by atoms with Gasteiger partial charge in [0.2, 0.25) is 0 Å². The van der Waals surface area contributed by atoms with Crippen molar-refractivity contribution in [2.24, 2.45) is 0 Å². The average molecular weight is 724 g/mol.